The topological polar surface area (TPSA) is 105 Å². The predicted molar refractivity (Wildman–Crippen MR) is 117 cm³/mol. The number of nitrogens with one attached hydrogen (secondary N) is 3. The summed E-state index contributed by atoms with van der Waals surface area (Å²) in [5.41, 5.74) is 0. The van der Waals surface area contributed by atoms with Crippen LogP contribution < -0.4 is 15.4 Å². The number of nitrogens with zero attached hydrogens (tertiary/aromatic N) is 1. The summed E-state index contributed by atoms with van der Waals surface area (Å²) in [6.07, 6.45) is 5.42. The van der Waals surface area contributed by atoms with E-state index in [2.05, 4.69) is 20.3 Å². The van der Waals surface area contributed by atoms with E-state index in [9.17, 15) is 8.42 Å². The molecule has 1 saturated heterocycles. The van der Waals surface area contributed by atoms with Gasteiger partial charge in [0.15, 0.2) is 5.96 Å². The zero-order chi connectivity index (χ0) is 18.7. The minimum atomic E-state index is -3.36. The van der Waals surface area contributed by atoms with Crippen LogP contribution in [-0.2, 0) is 21.2 Å². The van der Waals surface area contributed by atoms with Crippen molar-refractivity contribution in [1.82, 2.24) is 15.4 Å². The predicted octanol–water partition coefficient (Wildman–Crippen LogP) is 1.48. The van der Waals surface area contributed by atoms with Crippen LogP contribution in [0, 0.1) is 0 Å². The molecule has 2 rings (SSSR count). The lowest BCUT2D eigenvalue weighted by atomic mass is 10.1. The fraction of sp³-hybridized carbons (Fsp3) is 0.706. The number of furan rings is 1. The molecule has 1 aromatic rings. The van der Waals surface area contributed by atoms with E-state index in [1.54, 1.807) is 6.26 Å². The molecule has 3 N–H and O–H groups in total. The third-order valence-electron chi connectivity index (χ3n) is 4.02. The smallest absolute Gasteiger partial charge is 0.213 e. The van der Waals surface area contributed by atoms with Crippen LogP contribution in [0.2, 0.25) is 0 Å². The van der Waals surface area contributed by atoms with Gasteiger partial charge < -0.3 is 19.8 Å². The summed E-state index contributed by atoms with van der Waals surface area (Å²) in [5.74, 6) is 1.45. The van der Waals surface area contributed by atoms with Crippen molar-refractivity contribution in [2.75, 3.05) is 38.5 Å². The van der Waals surface area contributed by atoms with Crippen molar-refractivity contribution in [3.05, 3.63) is 24.2 Å². The molecule has 0 bridgehead atoms. The molecular weight excluding hydrogens is 483 g/mol. The van der Waals surface area contributed by atoms with Crippen molar-refractivity contribution in [1.29, 1.82) is 0 Å². The van der Waals surface area contributed by atoms with E-state index >= 15 is 0 Å². The van der Waals surface area contributed by atoms with Gasteiger partial charge in [-0.3, -0.25) is 4.99 Å². The average Bonchev–Trinajstić information content (AvgIpc) is 3.14. The summed E-state index contributed by atoms with van der Waals surface area (Å²) in [7, 11) is -3.36. The van der Waals surface area contributed by atoms with Crippen LogP contribution in [0.15, 0.2) is 27.8 Å². The van der Waals surface area contributed by atoms with Crippen molar-refractivity contribution < 1.29 is 17.6 Å². The quantitative estimate of drug-likeness (QED) is 0.248. The van der Waals surface area contributed by atoms with Crippen molar-refractivity contribution in [3.8, 4) is 0 Å². The largest absolute Gasteiger partial charge is 0.469 e. The maximum absolute atomic E-state index is 12.1. The molecule has 1 fully saturated rings. The number of hydrogen-bond donors (Lipinski definition) is 3. The molecule has 0 aromatic carbocycles. The van der Waals surface area contributed by atoms with Gasteiger partial charge in [0.25, 0.3) is 0 Å². The number of rotatable bonds is 10. The maximum Gasteiger partial charge on any atom is 0.213 e. The molecule has 1 aliphatic rings. The number of sulfonamides is 1. The molecule has 0 spiro atoms. The van der Waals surface area contributed by atoms with Gasteiger partial charge >= 0.3 is 0 Å². The number of aliphatic imine (C=N–C) groups is 1. The molecular formula is C17H31IN4O4S. The van der Waals surface area contributed by atoms with Crippen molar-refractivity contribution >= 4 is 40.0 Å². The second-order valence-corrected chi connectivity index (χ2v) is 8.10. The Labute approximate surface area is 179 Å². The molecule has 10 heteroatoms. The van der Waals surface area contributed by atoms with Gasteiger partial charge in [-0.15, -0.1) is 24.0 Å². The highest BCUT2D eigenvalue weighted by molar-refractivity contribution is 14.0. The summed E-state index contributed by atoms with van der Waals surface area (Å²) >= 11 is 0. The standard InChI is InChI=1S/C17H30N4O4S.HI/c1-2-18-17(19-9-8-15-7-5-12-24-15)20-10-13-26(22,23)21-14-16-6-3-4-11-25-16;/h5,7,12,16,21H,2-4,6,8-11,13-14H2,1H3,(H2,18,19,20);1H. The Morgan fingerprint density at radius 2 is 2.19 bits per heavy atom. The number of hydrogen-bond acceptors (Lipinski definition) is 5. The van der Waals surface area contributed by atoms with E-state index in [1.165, 1.54) is 0 Å². The van der Waals surface area contributed by atoms with Gasteiger partial charge in [-0.2, -0.15) is 0 Å². The fourth-order valence-corrected chi connectivity index (χ4v) is 3.55. The molecule has 1 atom stereocenters. The first kappa shape index (κ1) is 24.2. The molecule has 8 nitrogen and oxygen atoms in total. The highest BCUT2D eigenvalue weighted by Gasteiger charge is 2.17. The summed E-state index contributed by atoms with van der Waals surface area (Å²) in [5, 5.41) is 6.28. The van der Waals surface area contributed by atoms with Crippen LogP contribution in [0.3, 0.4) is 0 Å². The average molecular weight is 514 g/mol. The molecule has 0 saturated carbocycles. The third kappa shape index (κ3) is 10.3. The number of halogens is 1. The maximum atomic E-state index is 12.1. The highest BCUT2D eigenvalue weighted by Crippen LogP contribution is 2.11. The summed E-state index contributed by atoms with van der Waals surface area (Å²) in [4.78, 5) is 4.33. The van der Waals surface area contributed by atoms with Gasteiger partial charge in [0, 0.05) is 32.7 Å². The highest BCUT2D eigenvalue weighted by atomic mass is 127. The molecule has 0 radical (unpaired) electrons. The van der Waals surface area contributed by atoms with E-state index in [0.29, 0.717) is 32.2 Å². The van der Waals surface area contributed by atoms with Crippen LogP contribution in [0.5, 0.6) is 0 Å². The lowest BCUT2D eigenvalue weighted by Gasteiger charge is -2.22. The van der Waals surface area contributed by atoms with Crippen LogP contribution in [0.25, 0.3) is 0 Å². The van der Waals surface area contributed by atoms with E-state index in [4.69, 9.17) is 9.15 Å². The molecule has 0 amide bonds. The van der Waals surface area contributed by atoms with Crippen LogP contribution in [0.4, 0.5) is 0 Å². The first-order valence-corrected chi connectivity index (χ1v) is 10.9. The van der Waals surface area contributed by atoms with E-state index < -0.39 is 10.0 Å². The molecule has 27 heavy (non-hydrogen) atoms. The first-order valence-electron chi connectivity index (χ1n) is 9.22. The molecule has 1 aromatic heterocycles. The van der Waals surface area contributed by atoms with Gasteiger partial charge in [-0.1, -0.05) is 0 Å². The first-order chi connectivity index (χ1) is 12.6. The molecule has 156 valence electrons. The van der Waals surface area contributed by atoms with Gasteiger partial charge in [-0.25, -0.2) is 13.1 Å². The third-order valence-corrected chi connectivity index (χ3v) is 5.35. The van der Waals surface area contributed by atoms with Crippen molar-refractivity contribution in [2.24, 2.45) is 4.99 Å². The van der Waals surface area contributed by atoms with Gasteiger partial charge in [0.05, 0.1) is 24.7 Å². The second kappa shape index (κ2) is 13.3. The lowest BCUT2D eigenvalue weighted by Crippen LogP contribution is -2.39. The Morgan fingerprint density at radius 3 is 2.85 bits per heavy atom. The van der Waals surface area contributed by atoms with Crippen LogP contribution in [0.1, 0.15) is 31.9 Å². The minimum Gasteiger partial charge on any atom is -0.469 e. The van der Waals surface area contributed by atoms with Crippen LogP contribution in [-0.4, -0.2) is 59.0 Å². The Bertz CT molecular complexity index is 631. The van der Waals surface area contributed by atoms with Gasteiger partial charge in [0.2, 0.25) is 10.0 Å². The Balaban J connectivity index is 0.00000364. The molecule has 1 aliphatic heterocycles. The number of ether oxygens (including phenoxy) is 1. The summed E-state index contributed by atoms with van der Waals surface area (Å²) in [6.45, 7) is 4.57. The normalized spacial score (nSPS) is 18.0. The summed E-state index contributed by atoms with van der Waals surface area (Å²) in [6, 6.07) is 3.77. The lowest BCUT2D eigenvalue weighted by molar-refractivity contribution is 0.0200. The van der Waals surface area contributed by atoms with Gasteiger partial charge in [-0.05, 0) is 38.3 Å². The Morgan fingerprint density at radius 1 is 1.33 bits per heavy atom. The number of guanidine groups is 1. The molecule has 2 heterocycles. The van der Waals surface area contributed by atoms with Gasteiger partial charge in [0.1, 0.15) is 5.76 Å². The van der Waals surface area contributed by atoms with Crippen molar-refractivity contribution in [3.63, 3.8) is 0 Å². The SMILES string of the molecule is CCNC(=NCCS(=O)(=O)NCC1CCCCO1)NCCc1ccco1.I. The van der Waals surface area contributed by atoms with E-state index in [1.807, 2.05) is 19.1 Å². The monoisotopic (exact) mass is 514 g/mol. The molecule has 0 aliphatic carbocycles. The zero-order valence-corrected chi connectivity index (χ0v) is 18.9. The van der Waals surface area contributed by atoms with Crippen LogP contribution >= 0.6 is 24.0 Å². The Hall–Kier alpha value is -0.850. The van der Waals surface area contributed by atoms with E-state index in [0.717, 1.165) is 31.4 Å². The second-order valence-electron chi connectivity index (χ2n) is 6.17. The minimum absolute atomic E-state index is 0. The van der Waals surface area contributed by atoms with E-state index in [-0.39, 0.29) is 42.4 Å². The van der Waals surface area contributed by atoms with Crippen molar-refractivity contribution in [2.45, 2.75) is 38.7 Å². The molecule has 1 unspecified atom stereocenters. The Kier molecular flexibility index (Phi) is 12.0. The summed E-state index contributed by atoms with van der Waals surface area (Å²) < 4.78 is 37.6. The zero-order valence-electron chi connectivity index (χ0n) is 15.8. The fourth-order valence-electron chi connectivity index (χ4n) is 2.64.